The lowest BCUT2D eigenvalue weighted by Crippen LogP contribution is -2.53. The quantitative estimate of drug-likeness (QED) is 0.297. The molecule has 0 amide bonds. The predicted molar refractivity (Wildman–Crippen MR) is 119 cm³/mol. The molecule has 148 valence electrons. The van der Waals surface area contributed by atoms with Crippen molar-refractivity contribution in [1.82, 2.24) is 15.4 Å². The molecule has 26 heavy (non-hydrogen) atoms. The summed E-state index contributed by atoms with van der Waals surface area (Å²) in [5.74, 6) is 0.650. The van der Waals surface area contributed by atoms with E-state index in [4.69, 9.17) is 11.6 Å². The molecule has 0 aliphatic heterocycles. The summed E-state index contributed by atoms with van der Waals surface area (Å²) >= 11 is 6.11. The summed E-state index contributed by atoms with van der Waals surface area (Å²) < 4.78 is 25.4. The highest BCUT2D eigenvalue weighted by Gasteiger charge is 2.44. The highest BCUT2D eigenvalue weighted by molar-refractivity contribution is 14.0. The summed E-state index contributed by atoms with van der Waals surface area (Å²) in [7, 11) is -1.57. The molecule has 1 aromatic carbocycles. The summed E-state index contributed by atoms with van der Waals surface area (Å²) in [6.45, 7) is 4.82. The van der Waals surface area contributed by atoms with E-state index in [-0.39, 0.29) is 29.4 Å². The van der Waals surface area contributed by atoms with Gasteiger partial charge < -0.3 is 10.6 Å². The van der Waals surface area contributed by atoms with E-state index in [2.05, 4.69) is 26.4 Å². The molecule has 6 nitrogen and oxygen atoms in total. The molecule has 3 N–H and O–H groups in total. The smallest absolute Gasteiger partial charge is 0.209 e. The third kappa shape index (κ3) is 7.21. The second-order valence-corrected chi connectivity index (χ2v) is 9.51. The van der Waals surface area contributed by atoms with E-state index < -0.39 is 15.6 Å². The van der Waals surface area contributed by atoms with Gasteiger partial charge in [-0.2, -0.15) is 0 Å². The molecule has 2 rings (SSSR count). The number of benzene rings is 1. The standard InChI is InChI=1S/C17H27ClN4O2S.HI/c1-16(2,22-25(4,23)24)11-20-15(19-3)21-12-17(8-9-17)13-6-5-7-14(18)10-13;/h5-7,10,22H,8-9,11-12H2,1-4H3,(H2,19,20,21);1H. The molecule has 1 saturated carbocycles. The predicted octanol–water partition coefficient (Wildman–Crippen LogP) is 2.48. The van der Waals surface area contributed by atoms with E-state index in [1.165, 1.54) is 5.56 Å². The summed E-state index contributed by atoms with van der Waals surface area (Å²) in [6, 6.07) is 7.98. The Hall–Kier alpha value is -0.580. The van der Waals surface area contributed by atoms with Crippen LogP contribution in [0, 0.1) is 0 Å². The van der Waals surface area contributed by atoms with Crippen molar-refractivity contribution in [2.45, 2.75) is 37.6 Å². The SMILES string of the molecule is CN=C(NCC(C)(C)NS(C)(=O)=O)NCC1(c2cccc(Cl)c2)CC1.I. The molecule has 0 aromatic heterocycles. The molecule has 9 heteroatoms. The Kier molecular flexibility index (Phi) is 8.19. The van der Waals surface area contributed by atoms with Crippen LogP contribution in [0.1, 0.15) is 32.3 Å². The number of sulfonamides is 1. The van der Waals surface area contributed by atoms with Crippen LogP contribution >= 0.6 is 35.6 Å². The van der Waals surface area contributed by atoms with Crippen molar-refractivity contribution in [2.24, 2.45) is 4.99 Å². The minimum absolute atomic E-state index is 0. The monoisotopic (exact) mass is 514 g/mol. The summed E-state index contributed by atoms with van der Waals surface area (Å²) in [5.41, 5.74) is 0.723. The van der Waals surface area contributed by atoms with Crippen molar-refractivity contribution in [3.05, 3.63) is 34.9 Å². The zero-order chi connectivity index (χ0) is 18.7. The van der Waals surface area contributed by atoms with Gasteiger partial charge in [-0.05, 0) is 44.4 Å². The molecule has 1 aliphatic carbocycles. The van der Waals surface area contributed by atoms with Gasteiger partial charge in [-0.3, -0.25) is 4.99 Å². The van der Waals surface area contributed by atoms with Crippen LogP contribution in [0.4, 0.5) is 0 Å². The van der Waals surface area contributed by atoms with Gasteiger partial charge in [-0.1, -0.05) is 23.7 Å². The van der Waals surface area contributed by atoms with E-state index in [0.717, 1.165) is 30.7 Å². The van der Waals surface area contributed by atoms with Gasteiger partial charge in [0.15, 0.2) is 5.96 Å². The molecule has 1 aromatic rings. The fourth-order valence-corrected chi connectivity index (χ4v) is 4.12. The van der Waals surface area contributed by atoms with Gasteiger partial charge in [0.25, 0.3) is 0 Å². The average Bonchev–Trinajstić information content (AvgIpc) is 3.26. The first-order chi connectivity index (χ1) is 11.6. The Morgan fingerprint density at radius 2 is 1.96 bits per heavy atom. The zero-order valence-electron chi connectivity index (χ0n) is 15.6. The fraction of sp³-hybridized carbons (Fsp3) is 0.588. The molecule has 0 unspecified atom stereocenters. The van der Waals surface area contributed by atoms with Gasteiger partial charge in [0, 0.05) is 36.1 Å². The first-order valence-electron chi connectivity index (χ1n) is 8.25. The van der Waals surface area contributed by atoms with Crippen LogP contribution in [-0.2, 0) is 15.4 Å². The fourth-order valence-electron chi connectivity index (χ4n) is 2.85. The van der Waals surface area contributed by atoms with Crippen molar-refractivity contribution >= 4 is 51.6 Å². The maximum Gasteiger partial charge on any atom is 0.209 e. The Morgan fingerprint density at radius 1 is 1.31 bits per heavy atom. The molecule has 0 atom stereocenters. The van der Waals surface area contributed by atoms with Crippen LogP contribution < -0.4 is 15.4 Å². The van der Waals surface area contributed by atoms with Crippen molar-refractivity contribution in [3.8, 4) is 0 Å². The van der Waals surface area contributed by atoms with Crippen LogP contribution in [0.25, 0.3) is 0 Å². The van der Waals surface area contributed by atoms with E-state index in [0.29, 0.717) is 12.5 Å². The molecule has 1 aliphatic rings. The van der Waals surface area contributed by atoms with Crippen molar-refractivity contribution in [3.63, 3.8) is 0 Å². The Bertz CT molecular complexity index is 749. The van der Waals surface area contributed by atoms with Crippen LogP contribution in [-0.4, -0.2) is 46.3 Å². The topological polar surface area (TPSA) is 82.6 Å². The molecule has 0 saturated heterocycles. The van der Waals surface area contributed by atoms with E-state index in [1.54, 1.807) is 7.05 Å². The van der Waals surface area contributed by atoms with Crippen LogP contribution in [0.15, 0.2) is 29.3 Å². The minimum atomic E-state index is -3.26. The van der Waals surface area contributed by atoms with E-state index >= 15 is 0 Å². The summed E-state index contributed by atoms with van der Waals surface area (Å²) in [5, 5.41) is 7.28. The van der Waals surface area contributed by atoms with Crippen molar-refractivity contribution in [1.29, 1.82) is 0 Å². The maximum absolute atomic E-state index is 11.4. The molecular formula is C17H28ClIN4O2S. The second-order valence-electron chi connectivity index (χ2n) is 7.33. The van der Waals surface area contributed by atoms with E-state index in [9.17, 15) is 8.42 Å². The number of aliphatic imine (C=N–C) groups is 1. The lowest BCUT2D eigenvalue weighted by molar-refractivity contribution is 0.446. The Morgan fingerprint density at radius 3 is 2.46 bits per heavy atom. The Labute approximate surface area is 178 Å². The number of nitrogens with one attached hydrogen (secondary N) is 3. The lowest BCUT2D eigenvalue weighted by Gasteiger charge is -2.27. The maximum atomic E-state index is 11.4. The number of hydrogen-bond acceptors (Lipinski definition) is 3. The summed E-state index contributed by atoms with van der Waals surface area (Å²) in [4.78, 5) is 4.22. The highest BCUT2D eigenvalue weighted by Crippen LogP contribution is 2.48. The number of nitrogens with zero attached hydrogens (tertiary/aromatic N) is 1. The average molecular weight is 515 g/mol. The number of rotatable bonds is 7. The van der Waals surface area contributed by atoms with Gasteiger partial charge in [0.2, 0.25) is 10.0 Å². The lowest BCUT2D eigenvalue weighted by atomic mass is 9.96. The van der Waals surface area contributed by atoms with E-state index in [1.807, 2.05) is 32.0 Å². The summed E-state index contributed by atoms with van der Waals surface area (Å²) in [6.07, 6.45) is 3.38. The third-order valence-corrected chi connectivity index (χ3v) is 5.43. The van der Waals surface area contributed by atoms with Crippen LogP contribution in [0.2, 0.25) is 5.02 Å². The zero-order valence-corrected chi connectivity index (χ0v) is 19.5. The molecule has 0 bridgehead atoms. The normalized spacial score (nSPS) is 16.6. The van der Waals surface area contributed by atoms with Crippen molar-refractivity contribution < 1.29 is 8.42 Å². The highest BCUT2D eigenvalue weighted by atomic mass is 127. The molecule has 0 heterocycles. The van der Waals surface area contributed by atoms with Gasteiger partial charge in [-0.25, -0.2) is 13.1 Å². The molecule has 1 fully saturated rings. The molecule has 0 radical (unpaired) electrons. The van der Waals surface area contributed by atoms with Gasteiger partial charge >= 0.3 is 0 Å². The van der Waals surface area contributed by atoms with Crippen LogP contribution in [0.5, 0.6) is 0 Å². The molecular weight excluding hydrogens is 487 g/mol. The second kappa shape index (κ2) is 9.07. The van der Waals surface area contributed by atoms with Crippen molar-refractivity contribution in [2.75, 3.05) is 26.4 Å². The number of hydrogen-bond donors (Lipinski definition) is 3. The van der Waals surface area contributed by atoms with Crippen LogP contribution in [0.3, 0.4) is 0 Å². The van der Waals surface area contributed by atoms with Gasteiger partial charge in [0.05, 0.1) is 6.26 Å². The molecule has 0 spiro atoms. The van der Waals surface area contributed by atoms with Gasteiger partial charge in [0.1, 0.15) is 0 Å². The Balaban J connectivity index is 0.00000338. The number of halogens is 2. The third-order valence-electron chi connectivity index (χ3n) is 4.27. The first kappa shape index (κ1) is 23.5. The largest absolute Gasteiger partial charge is 0.356 e. The van der Waals surface area contributed by atoms with Gasteiger partial charge in [-0.15, -0.1) is 24.0 Å². The number of guanidine groups is 1. The minimum Gasteiger partial charge on any atom is -0.356 e. The first-order valence-corrected chi connectivity index (χ1v) is 10.5.